The van der Waals surface area contributed by atoms with Crippen LogP contribution in [0.4, 0.5) is 5.69 Å². The topological polar surface area (TPSA) is 353 Å². The van der Waals surface area contributed by atoms with E-state index in [1.165, 1.54) is 6.92 Å². The van der Waals surface area contributed by atoms with Gasteiger partial charge in [-0.15, -0.1) is 11.8 Å². The Kier molecular flexibility index (Phi) is 21.6. The van der Waals surface area contributed by atoms with Gasteiger partial charge in [-0.2, -0.15) is 0 Å². The predicted octanol–water partition coefficient (Wildman–Crippen LogP) is -1.57. The molecule has 1 fully saturated rings. The minimum atomic E-state index is -1.71. The Bertz CT molecular complexity index is 2590. The number of aliphatic hydroxyl groups is 1. The first-order valence-corrected chi connectivity index (χ1v) is 26.2. The van der Waals surface area contributed by atoms with Gasteiger partial charge in [-0.1, -0.05) is 40.5 Å². The number of esters is 1. The average molecular weight is 1080 g/mol. The second-order valence-corrected chi connectivity index (χ2v) is 20.1. The first-order valence-electron chi connectivity index (χ1n) is 25.2. The Balaban J connectivity index is 1.61. The number of carbonyl (C=O) groups is 12. The lowest BCUT2D eigenvalue weighted by molar-refractivity contribution is -0.148. The molecule has 0 radical (unpaired) electrons. The van der Waals surface area contributed by atoms with E-state index in [2.05, 4.69) is 47.5 Å². The molecule has 4 heterocycles. The third kappa shape index (κ3) is 15.7. The molecule has 0 unspecified atom stereocenters. The maximum atomic E-state index is 14.6. The first-order chi connectivity index (χ1) is 36.1. The SMILES string of the molecule is CC[C@H](C)[C@H](NC)C(=O)NCC(=O)N[C@H]1CSc2[nH]c3ccc(NC(=O)CCCN4C(=O)C=CC4=O)cc3c2C[C@@H](C(=O)NCC(C)=O)NC(=O)[C@H]([C@@H](C)CC)NC(=O)[C@@H]2C[C@@H](O)CN2C(=O)[C@H](CC(=O)OC)NC1=O. The van der Waals surface area contributed by atoms with Gasteiger partial charge < -0.3 is 62.3 Å². The maximum absolute atomic E-state index is 14.6. The van der Waals surface area contributed by atoms with Crippen molar-refractivity contribution in [3.8, 4) is 0 Å². The summed E-state index contributed by atoms with van der Waals surface area (Å²) in [6.45, 7) is 7.06. The molecule has 3 aliphatic rings. The molecule has 10 N–H and O–H groups in total. The lowest BCUT2D eigenvalue weighted by atomic mass is 9.96. The number of ketones is 1. The van der Waals surface area contributed by atoms with Crippen LogP contribution in [0.5, 0.6) is 0 Å². The number of methoxy groups -OCH3 is 1. The molecule has 414 valence electrons. The van der Waals surface area contributed by atoms with Gasteiger partial charge >= 0.3 is 5.97 Å². The largest absolute Gasteiger partial charge is 0.469 e. The van der Waals surface area contributed by atoms with Crippen LogP contribution in [-0.4, -0.2) is 179 Å². The molecule has 0 spiro atoms. The van der Waals surface area contributed by atoms with Crippen molar-refractivity contribution in [1.82, 2.24) is 52.0 Å². The number of likely N-dealkylation sites (N-methyl/N-ethyl adjacent to an activating group) is 1. The molecule has 10 amide bonds. The van der Waals surface area contributed by atoms with E-state index < -0.39 is 145 Å². The van der Waals surface area contributed by atoms with Crippen LogP contribution in [-0.2, 0) is 68.7 Å². The number of fused-ring (bicyclic) bond motifs is 4. The molecule has 0 aliphatic carbocycles. The smallest absolute Gasteiger partial charge is 0.308 e. The second kappa shape index (κ2) is 27.6. The molecule has 76 heavy (non-hydrogen) atoms. The second-order valence-electron chi connectivity index (χ2n) is 19.1. The Morgan fingerprint density at radius 3 is 2.25 bits per heavy atom. The minimum Gasteiger partial charge on any atom is -0.469 e. The number of carbonyl (C=O) groups excluding carboxylic acids is 12. The molecule has 0 bridgehead atoms. The summed E-state index contributed by atoms with van der Waals surface area (Å²) in [4.78, 5) is 167. The average Bonchev–Trinajstić information content (AvgIpc) is 4.06. The van der Waals surface area contributed by atoms with Gasteiger partial charge in [-0.25, -0.2) is 0 Å². The van der Waals surface area contributed by atoms with E-state index in [1.54, 1.807) is 39.1 Å². The van der Waals surface area contributed by atoms with Crippen molar-refractivity contribution in [2.75, 3.05) is 51.4 Å². The maximum Gasteiger partial charge on any atom is 0.308 e. The Morgan fingerprint density at radius 1 is 0.895 bits per heavy atom. The van der Waals surface area contributed by atoms with Crippen LogP contribution < -0.4 is 42.5 Å². The number of anilines is 1. The first kappa shape index (κ1) is 59.7. The highest BCUT2D eigenvalue weighted by Crippen LogP contribution is 2.34. The number of imide groups is 1. The zero-order valence-corrected chi connectivity index (χ0v) is 44.4. The van der Waals surface area contributed by atoms with Gasteiger partial charge in [-0.3, -0.25) is 62.4 Å². The third-order valence-electron chi connectivity index (χ3n) is 13.5. The van der Waals surface area contributed by atoms with Crippen LogP contribution in [0.3, 0.4) is 0 Å². The summed E-state index contributed by atoms with van der Waals surface area (Å²) in [6.07, 6.45) is 0.764. The number of amides is 10. The molecular formula is C50H69N11O14S. The van der Waals surface area contributed by atoms with E-state index >= 15 is 0 Å². The summed E-state index contributed by atoms with van der Waals surface area (Å²) < 4.78 is 4.86. The third-order valence-corrected chi connectivity index (χ3v) is 14.7. The number of aromatic amines is 1. The number of hydrogen-bond donors (Lipinski definition) is 10. The molecular weight excluding hydrogens is 1010 g/mol. The van der Waals surface area contributed by atoms with E-state index in [0.717, 1.165) is 40.8 Å². The number of ether oxygens (including phenoxy) is 1. The molecule has 9 atom stereocenters. The molecule has 0 saturated carbocycles. The fraction of sp³-hybridized carbons (Fsp3) is 0.560. The number of rotatable bonds is 19. The number of aliphatic hydroxyl groups excluding tert-OH is 1. The van der Waals surface area contributed by atoms with Gasteiger partial charge in [-0.05, 0) is 56.0 Å². The number of hydrogen-bond acceptors (Lipinski definition) is 16. The summed E-state index contributed by atoms with van der Waals surface area (Å²) in [6, 6.07) is -3.31. The highest BCUT2D eigenvalue weighted by molar-refractivity contribution is 7.99. The van der Waals surface area contributed by atoms with Gasteiger partial charge in [0, 0.05) is 66.8 Å². The molecule has 26 heteroatoms. The normalized spacial score (nSPS) is 22.7. The summed E-state index contributed by atoms with van der Waals surface area (Å²) in [5.74, 6) is -9.50. The standard InChI is InChI=1S/C50H69N11O14S/c1-8-25(3)42(51-6)47(72)53-22-38(65)55-35-24-76-49-31(30-17-28(12-13-32(30)58-49)54-37(64)11-10-16-60-39(66)14-15-40(60)67)19-33(44(69)52-21-27(5)62)56-48(73)43(26(4)9-2)59-46(71)36-18-29(63)23-61(36)50(74)34(57-45(35)70)20-41(68)75-7/h12-15,17,25-26,29,33-36,42-43,51,58,63H,8-11,16,18-24H2,1-7H3,(H,52,69)(H,53,72)(H,54,64)(H,55,65)(H,56,73)(H,57,70)(H,59,71)/t25-,26-,29+,33-,34-,35-,36-,42-,43-/m0/s1. The highest BCUT2D eigenvalue weighted by atomic mass is 32.2. The number of thioether (sulfide) groups is 1. The predicted molar refractivity (Wildman–Crippen MR) is 275 cm³/mol. The summed E-state index contributed by atoms with van der Waals surface area (Å²) in [5, 5.41) is 33.0. The zero-order valence-electron chi connectivity index (χ0n) is 43.6. The van der Waals surface area contributed by atoms with Crippen LogP contribution in [0, 0.1) is 11.8 Å². The Hall–Kier alpha value is -7.19. The molecule has 1 aromatic heterocycles. The van der Waals surface area contributed by atoms with E-state index in [1.807, 2.05) is 13.8 Å². The number of nitrogens with zero attached hydrogens (tertiary/aromatic N) is 2. The van der Waals surface area contributed by atoms with Crippen molar-refractivity contribution < 1.29 is 67.4 Å². The monoisotopic (exact) mass is 1080 g/mol. The van der Waals surface area contributed by atoms with Gasteiger partial charge in [0.1, 0.15) is 36.0 Å². The van der Waals surface area contributed by atoms with Crippen LogP contribution in [0.1, 0.15) is 78.7 Å². The number of benzene rings is 1. The molecule has 25 nitrogen and oxygen atoms in total. The van der Waals surface area contributed by atoms with Crippen molar-refractivity contribution >= 4 is 99.2 Å². The number of H-pyrrole nitrogens is 1. The number of Topliss-reactive ketones (excluding diaryl/α,β-unsaturated/α-hetero) is 1. The van der Waals surface area contributed by atoms with Crippen molar-refractivity contribution in [3.05, 3.63) is 35.9 Å². The van der Waals surface area contributed by atoms with E-state index in [-0.39, 0.29) is 49.6 Å². The van der Waals surface area contributed by atoms with Crippen molar-refractivity contribution in [1.29, 1.82) is 0 Å². The van der Waals surface area contributed by atoms with E-state index in [9.17, 15) is 62.6 Å². The van der Waals surface area contributed by atoms with Gasteiger partial charge in [0.25, 0.3) is 11.8 Å². The fourth-order valence-electron chi connectivity index (χ4n) is 8.87. The van der Waals surface area contributed by atoms with Crippen LogP contribution in [0.25, 0.3) is 10.9 Å². The van der Waals surface area contributed by atoms with Crippen LogP contribution in [0.15, 0.2) is 35.4 Å². The summed E-state index contributed by atoms with van der Waals surface area (Å²) in [7, 11) is 2.66. The van der Waals surface area contributed by atoms with Gasteiger partial charge in [0.2, 0.25) is 47.3 Å². The highest BCUT2D eigenvalue weighted by Gasteiger charge is 2.44. The quantitative estimate of drug-likeness (QED) is 0.0561. The molecule has 2 aromatic rings. The fourth-order valence-corrected chi connectivity index (χ4v) is 9.99. The summed E-state index contributed by atoms with van der Waals surface area (Å²) in [5.41, 5.74) is 1.07. The van der Waals surface area contributed by atoms with Crippen molar-refractivity contribution in [2.24, 2.45) is 11.8 Å². The summed E-state index contributed by atoms with van der Waals surface area (Å²) >= 11 is 0.975. The van der Waals surface area contributed by atoms with Crippen LogP contribution >= 0.6 is 11.8 Å². The Labute approximate surface area is 443 Å². The van der Waals surface area contributed by atoms with E-state index in [0.29, 0.717) is 34.3 Å². The van der Waals surface area contributed by atoms with Gasteiger partial charge in [0.05, 0.1) is 43.8 Å². The molecule has 3 aliphatic heterocycles. The van der Waals surface area contributed by atoms with E-state index in [4.69, 9.17) is 4.74 Å². The Morgan fingerprint density at radius 2 is 1.61 bits per heavy atom. The number of nitrogens with one attached hydrogen (secondary N) is 9. The zero-order chi connectivity index (χ0) is 56.0. The van der Waals surface area contributed by atoms with Crippen molar-refractivity contribution in [3.63, 3.8) is 0 Å². The molecule has 1 saturated heterocycles. The molecule has 1 aromatic carbocycles. The van der Waals surface area contributed by atoms with Gasteiger partial charge in [0.15, 0.2) is 0 Å². The lowest BCUT2D eigenvalue weighted by Gasteiger charge is -2.31. The lowest BCUT2D eigenvalue weighted by Crippen LogP contribution is -2.60. The molecule has 5 rings (SSSR count). The minimum absolute atomic E-state index is 0.00752. The van der Waals surface area contributed by atoms with Crippen LogP contribution in [0.2, 0.25) is 0 Å². The number of aromatic nitrogens is 1. The van der Waals surface area contributed by atoms with Crippen molar-refractivity contribution in [2.45, 2.75) is 127 Å².